The first-order chi connectivity index (χ1) is 9.74. The van der Waals surface area contributed by atoms with Crippen molar-refractivity contribution in [2.24, 2.45) is 5.92 Å². The SMILES string of the molecule is CCc1ccc(C2(OC)CCC(CCNC)CC2)cc1. The quantitative estimate of drug-likeness (QED) is 0.850. The van der Waals surface area contributed by atoms with Crippen LogP contribution in [-0.2, 0) is 16.8 Å². The van der Waals surface area contributed by atoms with Gasteiger partial charge in [-0.25, -0.2) is 0 Å². The zero-order valence-electron chi connectivity index (χ0n) is 13.2. The Hall–Kier alpha value is -0.860. The molecule has 0 saturated heterocycles. The van der Waals surface area contributed by atoms with Gasteiger partial charge >= 0.3 is 0 Å². The van der Waals surface area contributed by atoms with E-state index in [1.54, 1.807) is 0 Å². The molecule has 1 aliphatic carbocycles. The number of ether oxygens (including phenoxy) is 1. The minimum absolute atomic E-state index is 0.0393. The predicted molar refractivity (Wildman–Crippen MR) is 85.0 cm³/mol. The molecular weight excluding hydrogens is 246 g/mol. The molecule has 112 valence electrons. The molecule has 0 bridgehead atoms. The fraction of sp³-hybridized carbons (Fsp3) is 0.667. The van der Waals surface area contributed by atoms with Crippen LogP contribution >= 0.6 is 0 Å². The van der Waals surface area contributed by atoms with Gasteiger partial charge in [-0.15, -0.1) is 0 Å². The third-order valence-electron chi connectivity index (χ3n) is 4.99. The second-order valence-electron chi connectivity index (χ2n) is 6.08. The molecule has 1 aliphatic rings. The summed E-state index contributed by atoms with van der Waals surface area (Å²) in [4.78, 5) is 0. The van der Waals surface area contributed by atoms with Crippen molar-refractivity contribution in [3.05, 3.63) is 35.4 Å². The fourth-order valence-electron chi connectivity index (χ4n) is 3.44. The van der Waals surface area contributed by atoms with E-state index >= 15 is 0 Å². The molecule has 0 spiro atoms. The molecule has 20 heavy (non-hydrogen) atoms. The minimum Gasteiger partial charge on any atom is -0.374 e. The Labute approximate surface area is 123 Å². The van der Waals surface area contributed by atoms with E-state index in [1.807, 2.05) is 14.2 Å². The molecule has 1 saturated carbocycles. The lowest BCUT2D eigenvalue weighted by atomic mass is 9.74. The summed E-state index contributed by atoms with van der Waals surface area (Å²) in [6, 6.07) is 9.05. The lowest BCUT2D eigenvalue weighted by molar-refractivity contribution is -0.0551. The van der Waals surface area contributed by atoms with Gasteiger partial charge in [0.2, 0.25) is 0 Å². The highest BCUT2D eigenvalue weighted by atomic mass is 16.5. The molecule has 1 fully saturated rings. The minimum atomic E-state index is -0.0393. The normalized spacial score (nSPS) is 26.6. The molecule has 2 rings (SSSR count). The van der Waals surface area contributed by atoms with Crippen LogP contribution in [0.1, 0.15) is 50.2 Å². The molecule has 1 aromatic rings. The Morgan fingerprint density at radius 3 is 2.35 bits per heavy atom. The van der Waals surface area contributed by atoms with Crippen molar-refractivity contribution in [2.45, 2.75) is 51.0 Å². The molecule has 0 amide bonds. The van der Waals surface area contributed by atoms with Crippen molar-refractivity contribution in [1.29, 1.82) is 0 Å². The largest absolute Gasteiger partial charge is 0.374 e. The van der Waals surface area contributed by atoms with Crippen molar-refractivity contribution in [2.75, 3.05) is 20.7 Å². The van der Waals surface area contributed by atoms with Crippen molar-refractivity contribution in [3.8, 4) is 0 Å². The first-order valence-corrected chi connectivity index (χ1v) is 8.03. The molecule has 0 unspecified atom stereocenters. The van der Waals surface area contributed by atoms with Gasteiger partial charge in [-0.1, -0.05) is 31.2 Å². The van der Waals surface area contributed by atoms with Gasteiger partial charge in [-0.3, -0.25) is 0 Å². The van der Waals surface area contributed by atoms with Gasteiger partial charge in [0.05, 0.1) is 5.60 Å². The number of hydrogen-bond donors (Lipinski definition) is 1. The van der Waals surface area contributed by atoms with E-state index in [0.29, 0.717) is 0 Å². The highest BCUT2D eigenvalue weighted by Crippen LogP contribution is 2.43. The van der Waals surface area contributed by atoms with Crippen LogP contribution in [0.3, 0.4) is 0 Å². The average Bonchev–Trinajstić information content (AvgIpc) is 2.53. The Morgan fingerprint density at radius 2 is 1.85 bits per heavy atom. The standard InChI is InChI=1S/C18H29NO/c1-4-15-5-7-17(8-6-15)18(20-3)12-9-16(10-13-18)11-14-19-2/h5-8,16,19H,4,9-14H2,1-3H3. The van der Waals surface area contributed by atoms with Crippen LogP contribution in [0.2, 0.25) is 0 Å². The Morgan fingerprint density at radius 1 is 1.20 bits per heavy atom. The summed E-state index contributed by atoms with van der Waals surface area (Å²) < 4.78 is 5.98. The second-order valence-corrected chi connectivity index (χ2v) is 6.08. The molecule has 0 radical (unpaired) electrons. The molecule has 2 nitrogen and oxygen atoms in total. The van der Waals surface area contributed by atoms with Crippen LogP contribution in [-0.4, -0.2) is 20.7 Å². The van der Waals surface area contributed by atoms with E-state index in [-0.39, 0.29) is 5.60 Å². The lowest BCUT2D eigenvalue weighted by Crippen LogP contribution is -2.34. The number of nitrogens with one attached hydrogen (secondary N) is 1. The van der Waals surface area contributed by atoms with Crippen molar-refractivity contribution < 1.29 is 4.74 Å². The molecule has 0 aliphatic heterocycles. The van der Waals surface area contributed by atoms with Gasteiger partial charge in [0.1, 0.15) is 0 Å². The Balaban J connectivity index is 2.03. The molecule has 0 aromatic heterocycles. The van der Waals surface area contributed by atoms with Crippen LogP contribution < -0.4 is 5.32 Å². The molecule has 1 N–H and O–H groups in total. The summed E-state index contributed by atoms with van der Waals surface area (Å²) in [6.07, 6.45) is 7.28. The number of aryl methyl sites for hydroxylation is 1. The molecule has 2 heteroatoms. The highest BCUT2D eigenvalue weighted by Gasteiger charge is 2.36. The van der Waals surface area contributed by atoms with Gasteiger partial charge in [0.15, 0.2) is 0 Å². The Bertz CT molecular complexity index is 390. The molecule has 1 aromatic carbocycles. The monoisotopic (exact) mass is 275 g/mol. The maximum atomic E-state index is 5.98. The van der Waals surface area contributed by atoms with E-state index in [0.717, 1.165) is 31.7 Å². The maximum absolute atomic E-state index is 5.98. The van der Waals surface area contributed by atoms with Gasteiger partial charge in [0, 0.05) is 7.11 Å². The highest BCUT2D eigenvalue weighted by molar-refractivity contribution is 5.28. The first kappa shape index (κ1) is 15.5. The summed E-state index contributed by atoms with van der Waals surface area (Å²) in [5.74, 6) is 0.862. The number of rotatable bonds is 6. The van der Waals surface area contributed by atoms with Crippen molar-refractivity contribution in [1.82, 2.24) is 5.32 Å². The van der Waals surface area contributed by atoms with E-state index < -0.39 is 0 Å². The topological polar surface area (TPSA) is 21.3 Å². The second kappa shape index (κ2) is 7.24. The molecular formula is C18H29NO. The Kier molecular flexibility index (Phi) is 5.62. The summed E-state index contributed by atoms with van der Waals surface area (Å²) >= 11 is 0. The summed E-state index contributed by atoms with van der Waals surface area (Å²) in [5, 5.41) is 3.26. The third kappa shape index (κ3) is 3.42. The van der Waals surface area contributed by atoms with Gasteiger partial charge < -0.3 is 10.1 Å². The zero-order valence-corrected chi connectivity index (χ0v) is 13.2. The smallest absolute Gasteiger partial charge is 0.0927 e. The number of benzene rings is 1. The third-order valence-corrected chi connectivity index (χ3v) is 4.99. The fourth-order valence-corrected chi connectivity index (χ4v) is 3.44. The van der Waals surface area contributed by atoms with Crippen molar-refractivity contribution >= 4 is 0 Å². The van der Waals surface area contributed by atoms with E-state index in [9.17, 15) is 0 Å². The predicted octanol–water partition coefficient (Wildman–Crippen LogP) is 3.89. The summed E-state index contributed by atoms with van der Waals surface area (Å²) in [5.41, 5.74) is 2.73. The van der Waals surface area contributed by atoms with Gasteiger partial charge in [-0.05, 0) is 69.2 Å². The van der Waals surface area contributed by atoms with Crippen LogP contribution in [0.25, 0.3) is 0 Å². The van der Waals surface area contributed by atoms with Crippen molar-refractivity contribution in [3.63, 3.8) is 0 Å². The lowest BCUT2D eigenvalue weighted by Gasteiger charge is -2.39. The van der Waals surface area contributed by atoms with Gasteiger partial charge in [0.25, 0.3) is 0 Å². The number of methoxy groups -OCH3 is 1. The van der Waals surface area contributed by atoms with E-state index in [4.69, 9.17) is 4.74 Å². The van der Waals surface area contributed by atoms with Crippen LogP contribution in [0.5, 0.6) is 0 Å². The molecule has 0 heterocycles. The van der Waals surface area contributed by atoms with Crippen LogP contribution in [0.4, 0.5) is 0 Å². The average molecular weight is 275 g/mol. The maximum Gasteiger partial charge on any atom is 0.0927 e. The zero-order chi connectivity index (χ0) is 14.4. The van der Waals surface area contributed by atoms with Crippen LogP contribution in [0, 0.1) is 5.92 Å². The van der Waals surface area contributed by atoms with Gasteiger partial charge in [-0.2, -0.15) is 0 Å². The van der Waals surface area contributed by atoms with E-state index in [1.165, 1.54) is 30.4 Å². The molecule has 0 atom stereocenters. The summed E-state index contributed by atoms with van der Waals surface area (Å²) in [7, 11) is 3.92. The summed E-state index contributed by atoms with van der Waals surface area (Å²) in [6.45, 7) is 3.34. The first-order valence-electron chi connectivity index (χ1n) is 8.03. The van der Waals surface area contributed by atoms with Crippen LogP contribution in [0.15, 0.2) is 24.3 Å². The van der Waals surface area contributed by atoms with E-state index in [2.05, 4.69) is 36.5 Å². The number of hydrogen-bond acceptors (Lipinski definition) is 2.